The molecule has 1 aliphatic carbocycles. The zero-order chi connectivity index (χ0) is 14.9. The van der Waals surface area contributed by atoms with E-state index in [2.05, 4.69) is 17.4 Å². The summed E-state index contributed by atoms with van der Waals surface area (Å²) >= 11 is 0. The average Bonchev–Trinajstić information content (AvgIpc) is 3.02. The molecule has 5 nitrogen and oxygen atoms in total. The van der Waals surface area contributed by atoms with Gasteiger partial charge in [0.2, 0.25) is 0 Å². The van der Waals surface area contributed by atoms with Gasteiger partial charge >= 0.3 is 6.03 Å². The van der Waals surface area contributed by atoms with E-state index in [0.29, 0.717) is 6.67 Å². The number of aliphatic hydroxyl groups is 1. The van der Waals surface area contributed by atoms with Gasteiger partial charge in [0.1, 0.15) is 0 Å². The Labute approximate surface area is 125 Å². The molecule has 0 radical (unpaired) electrons. The van der Waals surface area contributed by atoms with E-state index in [1.165, 1.54) is 5.56 Å². The minimum absolute atomic E-state index is 0.149. The Kier molecular flexibility index (Phi) is 3.87. The van der Waals surface area contributed by atoms with Crippen molar-refractivity contribution in [2.45, 2.75) is 44.0 Å². The van der Waals surface area contributed by atoms with Gasteiger partial charge in [0.05, 0.1) is 12.2 Å². The monoisotopic (exact) mass is 289 g/mol. The van der Waals surface area contributed by atoms with Crippen molar-refractivity contribution in [3.8, 4) is 0 Å². The molecule has 1 aromatic carbocycles. The molecule has 1 atom stereocenters. The maximum Gasteiger partial charge on any atom is 0.321 e. The van der Waals surface area contributed by atoms with Crippen molar-refractivity contribution in [3.05, 3.63) is 35.9 Å². The molecular formula is C16H23N3O2. The molecule has 1 saturated heterocycles. The summed E-state index contributed by atoms with van der Waals surface area (Å²) in [5, 5.41) is 13.5. The molecule has 2 aliphatic rings. The van der Waals surface area contributed by atoms with Crippen molar-refractivity contribution in [1.29, 1.82) is 0 Å². The summed E-state index contributed by atoms with van der Waals surface area (Å²) in [6.45, 7) is 1.19. The van der Waals surface area contributed by atoms with Crippen molar-refractivity contribution in [3.63, 3.8) is 0 Å². The number of carbonyl (C=O) groups excluding carboxylic acids is 1. The maximum atomic E-state index is 12.2. The fraction of sp³-hybridized carbons (Fsp3) is 0.562. The quantitative estimate of drug-likeness (QED) is 0.887. The van der Waals surface area contributed by atoms with Gasteiger partial charge in [-0.05, 0) is 25.5 Å². The molecule has 114 valence electrons. The number of carbonyl (C=O) groups is 1. The average molecular weight is 289 g/mol. The van der Waals surface area contributed by atoms with Gasteiger partial charge in [-0.3, -0.25) is 9.80 Å². The minimum atomic E-state index is -0.717. The van der Waals surface area contributed by atoms with E-state index < -0.39 is 11.8 Å². The molecule has 5 heteroatoms. The standard InChI is InChI=1S/C16H23N3O2/c1-18(11-13-7-3-2-4-8-13)12-19-14(20)16(17-15(19)21)9-5-6-10-16/h2-4,7-8,14,20H,5-6,9-12H2,1H3,(H,17,21). The van der Waals surface area contributed by atoms with E-state index in [1.807, 2.05) is 30.1 Å². The van der Waals surface area contributed by atoms with E-state index >= 15 is 0 Å². The number of urea groups is 1. The van der Waals surface area contributed by atoms with Crippen LogP contribution in [0.15, 0.2) is 30.3 Å². The summed E-state index contributed by atoms with van der Waals surface area (Å²) in [4.78, 5) is 15.8. The summed E-state index contributed by atoms with van der Waals surface area (Å²) in [5.74, 6) is 0. The van der Waals surface area contributed by atoms with Gasteiger partial charge in [-0.1, -0.05) is 43.2 Å². The molecule has 3 rings (SSSR count). The number of aliphatic hydroxyl groups excluding tert-OH is 1. The summed E-state index contributed by atoms with van der Waals surface area (Å²) in [6, 6.07) is 9.99. The lowest BCUT2D eigenvalue weighted by atomic mass is 9.97. The number of rotatable bonds is 4. The Balaban J connectivity index is 1.63. The minimum Gasteiger partial charge on any atom is -0.371 e. The second-order valence-electron chi connectivity index (χ2n) is 6.28. The number of nitrogens with zero attached hydrogens (tertiary/aromatic N) is 2. The first-order valence-corrected chi connectivity index (χ1v) is 7.60. The first-order valence-electron chi connectivity index (χ1n) is 7.60. The normalized spacial score (nSPS) is 24.0. The van der Waals surface area contributed by atoms with Crippen LogP contribution in [-0.2, 0) is 6.54 Å². The third kappa shape index (κ3) is 2.76. The lowest BCUT2D eigenvalue weighted by molar-refractivity contribution is -0.0171. The fourth-order valence-corrected chi connectivity index (χ4v) is 3.49. The second-order valence-corrected chi connectivity index (χ2v) is 6.28. The molecule has 2 fully saturated rings. The van der Waals surface area contributed by atoms with E-state index in [0.717, 1.165) is 32.2 Å². The Morgan fingerprint density at radius 1 is 1.33 bits per heavy atom. The maximum absolute atomic E-state index is 12.2. The van der Waals surface area contributed by atoms with Crippen LogP contribution < -0.4 is 5.32 Å². The highest BCUT2D eigenvalue weighted by molar-refractivity contribution is 5.78. The predicted molar refractivity (Wildman–Crippen MR) is 80.4 cm³/mol. The third-order valence-electron chi connectivity index (χ3n) is 4.59. The molecule has 2 N–H and O–H groups in total. The number of amides is 2. The Bertz CT molecular complexity index is 500. The molecule has 0 bridgehead atoms. The number of nitrogens with one attached hydrogen (secondary N) is 1. The van der Waals surface area contributed by atoms with Crippen molar-refractivity contribution in [2.24, 2.45) is 0 Å². The summed E-state index contributed by atoms with van der Waals surface area (Å²) < 4.78 is 0. The molecule has 2 amide bonds. The Morgan fingerprint density at radius 2 is 2.00 bits per heavy atom. The number of hydrogen-bond donors (Lipinski definition) is 2. The van der Waals surface area contributed by atoms with Crippen LogP contribution in [0.3, 0.4) is 0 Å². The Hall–Kier alpha value is -1.59. The van der Waals surface area contributed by atoms with Crippen LogP contribution in [0.1, 0.15) is 31.2 Å². The van der Waals surface area contributed by atoms with Gasteiger partial charge in [-0.2, -0.15) is 0 Å². The van der Waals surface area contributed by atoms with E-state index in [1.54, 1.807) is 4.90 Å². The highest BCUT2D eigenvalue weighted by Crippen LogP contribution is 2.37. The van der Waals surface area contributed by atoms with Crippen molar-refractivity contribution < 1.29 is 9.90 Å². The van der Waals surface area contributed by atoms with Crippen LogP contribution in [0.4, 0.5) is 4.79 Å². The largest absolute Gasteiger partial charge is 0.371 e. The Morgan fingerprint density at radius 3 is 2.67 bits per heavy atom. The van der Waals surface area contributed by atoms with Gasteiger partial charge in [0, 0.05) is 6.54 Å². The number of hydrogen-bond acceptors (Lipinski definition) is 3. The number of benzene rings is 1. The van der Waals surface area contributed by atoms with E-state index in [-0.39, 0.29) is 6.03 Å². The highest BCUT2D eigenvalue weighted by atomic mass is 16.3. The second kappa shape index (κ2) is 5.66. The first-order chi connectivity index (χ1) is 10.1. The summed E-state index contributed by atoms with van der Waals surface area (Å²) in [7, 11) is 1.96. The van der Waals surface area contributed by atoms with E-state index in [4.69, 9.17) is 0 Å². The van der Waals surface area contributed by atoms with Crippen molar-refractivity contribution in [1.82, 2.24) is 15.1 Å². The molecule has 1 saturated carbocycles. The molecular weight excluding hydrogens is 266 g/mol. The van der Waals surface area contributed by atoms with Crippen LogP contribution in [0.25, 0.3) is 0 Å². The topological polar surface area (TPSA) is 55.8 Å². The molecule has 1 aliphatic heterocycles. The fourth-order valence-electron chi connectivity index (χ4n) is 3.49. The SMILES string of the molecule is CN(Cc1ccccc1)CN1C(=O)NC2(CCCC2)C1O. The van der Waals surface area contributed by atoms with Crippen molar-refractivity contribution >= 4 is 6.03 Å². The summed E-state index contributed by atoms with van der Waals surface area (Å²) in [6.07, 6.45) is 3.18. The lowest BCUT2D eigenvalue weighted by Crippen LogP contribution is -2.49. The van der Waals surface area contributed by atoms with Crippen LogP contribution in [0, 0.1) is 0 Å². The third-order valence-corrected chi connectivity index (χ3v) is 4.59. The van der Waals surface area contributed by atoms with Gasteiger partial charge < -0.3 is 10.4 Å². The van der Waals surface area contributed by atoms with Crippen LogP contribution >= 0.6 is 0 Å². The molecule has 1 aromatic rings. The zero-order valence-electron chi connectivity index (χ0n) is 12.5. The van der Waals surface area contributed by atoms with Crippen LogP contribution in [-0.4, -0.2) is 46.4 Å². The smallest absolute Gasteiger partial charge is 0.321 e. The van der Waals surface area contributed by atoms with Gasteiger partial charge in [-0.25, -0.2) is 4.79 Å². The molecule has 21 heavy (non-hydrogen) atoms. The molecule has 0 aromatic heterocycles. The lowest BCUT2D eigenvalue weighted by Gasteiger charge is -2.31. The highest BCUT2D eigenvalue weighted by Gasteiger charge is 2.52. The predicted octanol–water partition coefficient (Wildman–Crippen LogP) is 1.73. The zero-order valence-corrected chi connectivity index (χ0v) is 12.5. The van der Waals surface area contributed by atoms with E-state index in [9.17, 15) is 9.90 Å². The summed E-state index contributed by atoms with van der Waals surface area (Å²) in [5.41, 5.74) is 0.787. The molecule has 1 spiro atoms. The van der Waals surface area contributed by atoms with Crippen LogP contribution in [0.2, 0.25) is 0 Å². The molecule has 1 heterocycles. The molecule has 1 unspecified atom stereocenters. The van der Waals surface area contributed by atoms with Gasteiger partial charge in [0.25, 0.3) is 0 Å². The first kappa shape index (κ1) is 14.4. The van der Waals surface area contributed by atoms with Gasteiger partial charge in [0.15, 0.2) is 6.23 Å². The van der Waals surface area contributed by atoms with Gasteiger partial charge in [-0.15, -0.1) is 0 Å². The van der Waals surface area contributed by atoms with Crippen LogP contribution in [0.5, 0.6) is 0 Å². The van der Waals surface area contributed by atoms with Crippen molar-refractivity contribution in [2.75, 3.05) is 13.7 Å².